The Balaban J connectivity index is 1.35. The Bertz CT molecular complexity index is 969. The minimum absolute atomic E-state index is 0.252. The summed E-state index contributed by atoms with van der Waals surface area (Å²) >= 11 is 0. The first-order valence-corrected chi connectivity index (χ1v) is 9.91. The van der Waals surface area contributed by atoms with Gasteiger partial charge in [0, 0.05) is 41.8 Å². The molecule has 0 spiro atoms. The number of carbonyl (C=O) groups is 1. The molecule has 1 amide bonds. The predicted octanol–water partition coefficient (Wildman–Crippen LogP) is 5.16. The van der Waals surface area contributed by atoms with Crippen LogP contribution in [0.15, 0.2) is 78.9 Å². The Morgan fingerprint density at radius 2 is 1.59 bits per heavy atom. The van der Waals surface area contributed by atoms with Crippen molar-refractivity contribution in [3.8, 4) is 0 Å². The van der Waals surface area contributed by atoms with Crippen LogP contribution in [0.1, 0.15) is 23.2 Å². The number of rotatable bonds is 5. The standard InChI is InChI=1S/C24H24FN3O/c25-19-7-5-9-22(17-19)27-24(29)18-6-4-8-21(16-18)26-20-12-14-28(15-13-20)23-10-2-1-3-11-23/h1-11,16-17,20,26H,12-15H2,(H,27,29). The number of carbonyl (C=O) groups excluding carboxylic acids is 1. The van der Waals surface area contributed by atoms with Gasteiger partial charge in [-0.15, -0.1) is 0 Å². The van der Waals surface area contributed by atoms with Crippen molar-refractivity contribution in [2.75, 3.05) is 28.6 Å². The second-order valence-corrected chi connectivity index (χ2v) is 7.29. The van der Waals surface area contributed by atoms with Crippen LogP contribution in [0.2, 0.25) is 0 Å². The van der Waals surface area contributed by atoms with E-state index in [1.807, 2.05) is 24.3 Å². The van der Waals surface area contributed by atoms with Gasteiger partial charge in [-0.3, -0.25) is 4.79 Å². The molecule has 1 aliphatic heterocycles. The van der Waals surface area contributed by atoms with Gasteiger partial charge >= 0.3 is 0 Å². The Labute approximate surface area is 170 Å². The molecule has 1 aliphatic rings. The van der Waals surface area contributed by atoms with E-state index >= 15 is 0 Å². The van der Waals surface area contributed by atoms with Gasteiger partial charge in [-0.25, -0.2) is 4.39 Å². The summed E-state index contributed by atoms with van der Waals surface area (Å²) in [7, 11) is 0. The van der Waals surface area contributed by atoms with Crippen LogP contribution >= 0.6 is 0 Å². The number of para-hydroxylation sites is 1. The summed E-state index contributed by atoms with van der Waals surface area (Å²) in [5.74, 6) is -0.627. The normalized spacial score (nSPS) is 14.4. The zero-order chi connectivity index (χ0) is 20.1. The van der Waals surface area contributed by atoms with Crippen LogP contribution < -0.4 is 15.5 Å². The van der Waals surface area contributed by atoms with Crippen molar-refractivity contribution in [1.82, 2.24) is 0 Å². The maximum absolute atomic E-state index is 13.3. The molecule has 0 bridgehead atoms. The summed E-state index contributed by atoms with van der Waals surface area (Å²) in [5.41, 5.74) is 3.18. The number of hydrogen-bond acceptors (Lipinski definition) is 3. The highest BCUT2D eigenvalue weighted by molar-refractivity contribution is 6.04. The Morgan fingerprint density at radius 1 is 0.862 bits per heavy atom. The lowest BCUT2D eigenvalue weighted by atomic mass is 10.0. The van der Waals surface area contributed by atoms with Gasteiger partial charge in [0.05, 0.1) is 0 Å². The molecule has 0 radical (unpaired) electrons. The molecule has 29 heavy (non-hydrogen) atoms. The average Bonchev–Trinajstić information content (AvgIpc) is 2.75. The maximum Gasteiger partial charge on any atom is 0.255 e. The Hall–Kier alpha value is -3.34. The van der Waals surface area contributed by atoms with Crippen molar-refractivity contribution in [2.24, 2.45) is 0 Å². The highest BCUT2D eigenvalue weighted by Gasteiger charge is 2.19. The minimum Gasteiger partial charge on any atom is -0.382 e. The molecule has 4 nitrogen and oxygen atoms in total. The third-order valence-corrected chi connectivity index (χ3v) is 5.19. The molecule has 1 saturated heterocycles. The number of hydrogen-bond donors (Lipinski definition) is 2. The number of piperidine rings is 1. The Kier molecular flexibility index (Phi) is 5.75. The van der Waals surface area contributed by atoms with Crippen molar-refractivity contribution >= 4 is 23.0 Å². The fourth-order valence-corrected chi connectivity index (χ4v) is 3.68. The maximum atomic E-state index is 13.3. The van der Waals surface area contributed by atoms with Crippen molar-refractivity contribution in [3.05, 3.63) is 90.2 Å². The first-order valence-electron chi connectivity index (χ1n) is 9.91. The highest BCUT2D eigenvalue weighted by Crippen LogP contribution is 2.22. The zero-order valence-electron chi connectivity index (χ0n) is 16.1. The van der Waals surface area contributed by atoms with Gasteiger partial charge in [0.15, 0.2) is 0 Å². The summed E-state index contributed by atoms with van der Waals surface area (Å²) < 4.78 is 13.3. The largest absolute Gasteiger partial charge is 0.382 e. The molecule has 3 aromatic rings. The fourth-order valence-electron chi connectivity index (χ4n) is 3.68. The predicted molar refractivity (Wildman–Crippen MR) is 116 cm³/mol. The molecule has 5 heteroatoms. The van der Waals surface area contributed by atoms with E-state index in [2.05, 4.69) is 39.8 Å². The van der Waals surface area contributed by atoms with Crippen molar-refractivity contribution in [1.29, 1.82) is 0 Å². The number of nitrogens with zero attached hydrogens (tertiary/aromatic N) is 1. The number of nitrogens with one attached hydrogen (secondary N) is 2. The van der Waals surface area contributed by atoms with Gasteiger partial charge in [-0.1, -0.05) is 30.3 Å². The van der Waals surface area contributed by atoms with Crippen LogP contribution in [0.4, 0.5) is 21.5 Å². The second kappa shape index (κ2) is 8.78. The van der Waals surface area contributed by atoms with E-state index < -0.39 is 0 Å². The molecule has 1 fully saturated rings. The summed E-state index contributed by atoms with van der Waals surface area (Å²) in [6.45, 7) is 2.00. The molecule has 0 unspecified atom stereocenters. The molecular weight excluding hydrogens is 365 g/mol. The van der Waals surface area contributed by atoms with Gasteiger partial charge in [-0.05, 0) is 61.4 Å². The summed E-state index contributed by atoms with van der Waals surface area (Å²) in [6.07, 6.45) is 2.07. The number of anilines is 3. The van der Waals surface area contributed by atoms with E-state index in [4.69, 9.17) is 0 Å². The molecule has 4 rings (SSSR count). The Morgan fingerprint density at radius 3 is 2.34 bits per heavy atom. The smallest absolute Gasteiger partial charge is 0.255 e. The van der Waals surface area contributed by atoms with Crippen LogP contribution in [0.5, 0.6) is 0 Å². The SMILES string of the molecule is O=C(Nc1cccc(F)c1)c1cccc(NC2CCN(c3ccccc3)CC2)c1. The van der Waals surface area contributed by atoms with E-state index in [-0.39, 0.29) is 11.7 Å². The zero-order valence-corrected chi connectivity index (χ0v) is 16.1. The number of amides is 1. The first-order chi connectivity index (χ1) is 14.2. The first kappa shape index (κ1) is 19.0. The van der Waals surface area contributed by atoms with Crippen molar-refractivity contribution in [3.63, 3.8) is 0 Å². The van der Waals surface area contributed by atoms with E-state index in [0.29, 0.717) is 17.3 Å². The van der Waals surface area contributed by atoms with E-state index in [1.165, 1.54) is 17.8 Å². The number of benzene rings is 3. The molecule has 0 aliphatic carbocycles. The van der Waals surface area contributed by atoms with Crippen LogP contribution in [0, 0.1) is 5.82 Å². The van der Waals surface area contributed by atoms with Crippen molar-refractivity contribution in [2.45, 2.75) is 18.9 Å². The van der Waals surface area contributed by atoms with Crippen LogP contribution in [0.3, 0.4) is 0 Å². The van der Waals surface area contributed by atoms with Gasteiger partial charge in [0.25, 0.3) is 5.91 Å². The van der Waals surface area contributed by atoms with Gasteiger partial charge in [-0.2, -0.15) is 0 Å². The quantitative estimate of drug-likeness (QED) is 0.634. The lowest BCUT2D eigenvalue weighted by molar-refractivity contribution is 0.102. The van der Waals surface area contributed by atoms with Gasteiger partial charge < -0.3 is 15.5 Å². The van der Waals surface area contributed by atoms with Gasteiger partial charge in [0.1, 0.15) is 5.82 Å². The number of halogens is 1. The molecule has 3 aromatic carbocycles. The molecule has 0 atom stereocenters. The molecule has 2 N–H and O–H groups in total. The lowest BCUT2D eigenvalue weighted by Crippen LogP contribution is -2.39. The van der Waals surface area contributed by atoms with Gasteiger partial charge in [0.2, 0.25) is 0 Å². The summed E-state index contributed by atoms with van der Waals surface area (Å²) in [6, 6.07) is 24.2. The minimum atomic E-state index is -0.375. The van der Waals surface area contributed by atoms with Crippen LogP contribution in [-0.2, 0) is 0 Å². The lowest BCUT2D eigenvalue weighted by Gasteiger charge is -2.34. The van der Waals surface area contributed by atoms with E-state index in [1.54, 1.807) is 18.2 Å². The third kappa shape index (κ3) is 4.93. The van der Waals surface area contributed by atoms with E-state index in [9.17, 15) is 9.18 Å². The third-order valence-electron chi connectivity index (χ3n) is 5.19. The topological polar surface area (TPSA) is 44.4 Å². The molecule has 1 heterocycles. The molecule has 0 aromatic heterocycles. The van der Waals surface area contributed by atoms with Crippen molar-refractivity contribution < 1.29 is 9.18 Å². The summed E-state index contributed by atoms with van der Waals surface area (Å²) in [5, 5.41) is 6.29. The van der Waals surface area contributed by atoms with Crippen LogP contribution in [0.25, 0.3) is 0 Å². The summed E-state index contributed by atoms with van der Waals surface area (Å²) in [4.78, 5) is 14.9. The highest BCUT2D eigenvalue weighted by atomic mass is 19.1. The fraction of sp³-hybridized carbons (Fsp3) is 0.208. The van der Waals surface area contributed by atoms with E-state index in [0.717, 1.165) is 31.6 Å². The van der Waals surface area contributed by atoms with Crippen LogP contribution in [-0.4, -0.2) is 25.0 Å². The molecule has 148 valence electrons. The monoisotopic (exact) mass is 389 g/mol. The molecule has 0 saturated carbocycles. The molecular formula is C24H24FN3O. The average molecular weight is 389 g/mol. The second-order valence-electron chi connectivity index (χ2n) is 7.29.